The van der Waals surface area contributed by atoms with Crippen LogP contribution in [0, 0.1) is 6.07 Å². The molecule has 5 rings (SSSR count). The van der Waals surface area contributed by atoms with Gasteiger partial charge in [-0.3, -0.25) is 4.98 Å². The van der Waals surface area contributed by atoms with E-state index in [1.807, 2.05) is 36.4 Å². The monoisotopic (exact) mass is 450 g/mol. The summed E-state index contributed by atoms with van der Waals surface area (Å²) in [5.41, 5.74) is 3.89. The van der Waals surface area contributed by atoms with Gasteiger partial charge in [0.1, 0.15) is 0 Å². The van der Waals surface area contributed by atoms with Gasteiger partial charge in [0, 0.05) is 26.3 Å². The van der Waals surface area contributed by atoms with Gasteiger partial charge in [-0.05, 0) is 23.6 Å². The van der Waals surface area contributed by atoms with Gasteiger partial charge >= 0.3 is 0 Å². The molecule has 3 aromatic heterocycles. The molecule has 103 valence electrons. The van der Waals surface area contributed by atoms with Crippen molar-refractivity contribution in [2.45, 2.75) is 0 Å². The third kappa shape index (κ3) is 1.60. The molecule has 0 saturated carbocycles. The molecule has 5 aromatic rings. The summed E-state index contributed by atoms with van der Waals surface area (Å²) >= 11 is 0. The zero-order chi connectivity index (χ0) is 13.1. The molecule has 0 aliphatic heterocycles. The van der Waals surface area contributed by atoms with Crippen LogP contribution in [0.2, 0.25) is 0 Å². The first-order valence-electron chi connectivity index (χ1n) is 6.49. The molecule has 0 amide bonds. The zero-order valence-electron chi connectivity index (χ0n) is 10.8. The van der Waals surface area contributed by atoms with Crippen molar-refractivity contribution in [2.75, 3.05) is 0 Å². The molecule has 3 nitrogen and oxygen atoms in total. The quantitative estimate of drug-likeness (QED) is 0.332. The third-order valence-electron chi connectivity index (χ3n) is 3.78. The molecule has 0 unspecified atom stereocenters. The molecule has 3 heterocycles. The fraction of sp³-hybridized carbons (Fsp3) is 0. The van der Waals surface area contributed by atoms with E-state index in [0.717, 1.165) is 38.4 Å². The molecule has 0 aliphatic carbocycles. The van der Waals surface area contributed by atoms with Crippen LogP contribution in [0.5, 0.6) is 0 Å². The van der Waals surface area contributed by atoms with Crippen LogP contribution in [-0.2, 0) is 20.1 Å². The molecule has 0 bridgehead atoms. The molecular formula is C17H9IrN2O-. The van der Waals surface area contributed by atoms with Gasteiger partial charge in [0.15, 0.2) is 0 Å². The Morgan fingerprint density at radius 1 is 1.10 bits per heavy atom. The number of aromatic nitrogens is 2. The maximum absolute atomic E-state index is 5.58. The van der Waals surface area contributed by atoms with E-state index < -0.39 is 0 Å². The molecule has 0 saturated heterocycles. The van der Waals surface area contributed by atoms with Crippen molar-refractivity contribution >= 4 is 38.4 Å². The van der Waals surface area contributed by atoms with Crippen LogP contribution in [0.25, 0.3) is 38.4 Å². The molecule has 0 atom stereocenters. The molecular weight excluding hydrogens is 440 g/mol. The Morgan fingerprint density at radius 2 is 2.00 bits per heavy atom. The Labute approximate surface area is 133 Å². The number of pyridine rings is 1. The van der Waals surface area contributed by atoms with Gasteiger partial charge in [-0.15, -0.1) is 12.1 Å². The zero-order valence-corrected chi connectivity index (χ0v) is 13.2. The summed E-state index contributed by atoms with van der Waals surface area (Å²) in [6.45, 7) is 0. The van der Waals surface area contributed by atoms with Crippen LogP contribution in [0.4, 0.5) is 0 Å². The summed E-state index contributed by atoms with van der Waals surface area (Å²) in [4.78, 5) is 4.74. The minimum Gasteiger partial charge on any atom is -0.484 e. The predicted molar refractivity (Wildman–Crippen MR) is 78.8 cm³/mol. The number of fused-ring (bicyclic) bond motifs is 4. The summed E-state index contributed by atoms with van der Waals surface area (Å²) < 4.78 is 7.71. The van der Waals surface area contributed by atoms with Crippen LogP contribution in [0.1, 0.15) is 0 Å². The first-order valence-corrected chi connectivity index (χ1v) is 6.49. The molecule has 0 spiro atoms. The van der Waals surface area contributed by atoms with Gasteiger partial charge in [0.25, 0.3) is 0 Å². The fourth-order valence-electron chi connectivity index (χ4n) is 2.90. The minimum atomic E-state index is 0. The first-order chi connectivity index (χ1) is 9.92. The number of hydrogen-bond acceptors (Lipinski definition) is 2. The summed E-state index contributed by atoms with van der Waals surface area (Å²) in [5, 5.41) is 3.21. The fourth-order valence-corrected chi connectivity index (χ4v) is 2.90. The van der Waals surface area contributed by atoms with Crippen molar-refractivity contribution < 1.29 is 24.5 Å². The number of para-hydroxylation sites is 2. The van der Waals surface area contributed by atoms with E-state index in [1.165, 1.54) is 0 Å². The molecule has 0 aliphatic rings. The molecule has 21 heavy (non-hydrogen) atoms. The second-order valence-corrected chi connectivity index (χ2v) is 4.89. The summed E-state index contributed by atoms with van der Waals surface area (Å²) in [5.74, 6) is 0. The van der Waals surface area contributed by atoms with Crippen LogP contribution in [-0.4, -0.2) is 9.38 Å². The second kappa shape index (κ2) is 4.42. The largest absolute Gasteiger partial charge is 0.484 e. The molecule has 0 fully saturated rings. The number of imidazole rings is 1. The first kappa shape index (κ1) is 12.6. The summed E-state index contributed by atoms with van der Waals surface area (Å²) in [7, 11) is 0. The van der Waals surface area contributed by atoms with E-state index in [-0.39, 0.29) is 20.1 Å². The van der Waals surface area contributed by atoms with Gasteiger partial charge in [-0.25, -0.2) is 0 Å². The van der Waals surface area contributed by atoms with E-state index in [0.29, 0.717) is 0 Å². The van der Waals surface area contributed by atoms with E-state index in [4.69, 9.17) is 9.40 Å². The van der Waals surface area contributed by atoms with Crippen LogP contribution in [0.15, 0.2) is 59.3 Å². The van der Waals surface area contributed by atoms with Crippen LogP contribution in [0.3, 0.4) is 0 Å². The maximum Gasteiger partial charge on any atom is 0.0885 e. The number of hydrogen-bond donors (Lipinski definition) is 0. The van der Waals surface area contributed by atoms with E-state index >= 15 is 0 Å². The Hall–Kier alpha value is -2.16. The molecule has 0 N–H and O–H groups in total. The number of nitrogens with zero attached hydrogens (tertiary/aromatic N) is 2. The standard InChI is InChI=1S/C17H9N2O.Ir/c1-2-6-14-13(5-1)18-17-12-4-3-7-15-16(12)11(8-9-20-15)10-19(14)17;/h1-3,5-10H;/q-1;. The Kier molecular flexibility index (Phi) is 2.64. The van der Waals surface area contributed by atoms with Crippen molar-refractivity contribution in [1.82, 2.24) is 9.38 Å². The Bertz CT molecular complexity index is 1100. The second-order valence-electron chi connectivity index (χ2n) is 4.89. The average Bonchev–Trinajstić information content (AvgIpc) is 2.87. The third-order valence-corrected chi connectivity index (χ3v) is 3.78. The molecule has 4 heteroatoms. The van der Waals surface area contributed by atoms with Gasteiger partial charge in [0.2, 0.25) is 0 Å². The van der Waals surface area contributed by atoms with Crippen LogP contribution < -0.4 is 0 Å². The molecule has 2 aromatic carbocycles. The van der Waals surface area contributed by atoms with Crippen molar-refractivity contribution in [3.63, 3.8) is 0 Å². The van der Waals surface area contributed by atoms with E-state index in [2.05, 4.69) is 22.7 Å². The van der Waals surface area contributed by atoms with E-state index in [9.17, 15) is 0 Å². The van der Waals surface area contributed by atoms with E-state index in [1.54, 1.807) is 6.26 Å². The van der Waals surface area contributed by atoms with Crippen molar-refractivity contribution in [3.8, 4) is 0 Å². The minimum absolute atomic E-state index is 0. The number of benzene rings is 2. The average molecular weight is 449 g/mol. The normalized spacial score (nSPS) is 11.4. The van der Waals surface area contributed by atoms with Crippen molar-refractivity contribution in [3.05, 3.63) is 61.0 Å². The molecule has 1 radical (unpaired) electrons. The smallest absolute Gasteiger partial charge is 0.0885 e. The van der Waals surface area contributed by atoms with Gasteiger partial charge in [0.05, 0.1) is 28.5 Å². The number of rotatable bonds is 0. The van der Waals surface area contributed by atoms with Gasteiger partial charge < -0.3 is 8.82 Å². The summed E-state index contributed by atoms with van der Waals surface area (Å²) in [6, 6.07) is 17.3. The predicted octanol–water partition coefficient (Wildman–Crippen LogP) is 4.18. The van der Waals surface area contributed by atoms with Gasteiger partial charge in [-0.1, -0.05) is 29.0 Å². The topological polar surface area (TPSA) is 30.4 Å². The van der Waals surface area contributed by atoms with Crippen LogP contribution >= 0.6 is 0 Å². The maximum atomic E-state index is 5.58. The van der Waals surface area contributed by atoms with Crippen molar-refractivity contribution in [1.29, 1.82) is 0 Å². The van der Waals surface area contributed by atoms with Gasteiger partial charge in [-0.2, -0.15) is 0 Å². The van der Waals surface area contributed by atoms with Crippen molar-refractivity contribution in [2.24, 2.45) is 0 Å². The SMILES string of the molecule is [Ir].[c-]1ccc2occc3cn4c5ccccc5nc4c1c32. The Balaban J connectivity index is 0.00000115. The Morgan fingerprint density at radius 3 is 2.95 bits per heavy atom. The summed E-state index contributed by atoms with van der Waals surface area (Å²) in [6.07, 6.45) is 3.84.